The molecule has 0 spiro atoms. The molecule has 0 bridgehead atoms. The minimum absolute atomic E-state index is 0.105. The monoisotopic (exact) mass is 1410 g/mol. The summed E-state index contributed by atoms with van der Waals surface area (Å²) in [5.74, 6) is 0.143. The Morgan fingerprint density at radius 2 is 0.479 bits per heavy atom. The number of ether oxygens (including phenoxy) is 4. The molecule has 0 saturated carbocycles. The van der Waals surface area contributed by atoms with E-state index in [2.05, 4.69) is 48.5 Å². The molecule has 0 rings (SSSR count). The number of phosphoric ester groups is 2. The number of unbranched alkanes of at least 4 members (excludes halogenated alkanes) is 43. The molecule has 5 atom stereocenters. The molecule has 96 heavy (non-hydrogen) atoms. The van der Waals surface area contributed by atoms with Crippen LogP contribution in [0.3, 0.4) is 0 Å². The molecule has 3 N–H and O–H groups in total. The van der Waals surface area contributed by atoms with Crippen molar-refractivity contribution < 1.29 is 80.2 Å². The van der Waals surface area contributed by atoms with Gasteiger partial charge in [0.25, 0.3) is 0 Å². The summed E-state index contributed by atoms with van der Waals surface area (Å²) in [5, 5.41) is 10.6. The Morgan fingerprint density at radius 3 is 0.708 bits per heavy atom. The molecule has 17 nitrogen and oxygen atoms in total. The van der Waals surface area contributed by atoms with E-state index in [0.29, 0.717) is 31.6 Å². The summed E-state index contributed by atoms with van der Waals surface area (Å²) in [5.41, 5.74) is 0. The van der Waals surface area contributed by atoms with E-state index in [1.165, 1.54) is 199 Å². The first kappa shape index (κ1) is 94.1. The zero-order chi connectivity index (χ0) is 70.9. The van der Waals surface area contributed by atoms with Crippen molar-refractivity contribution in [3.05, 3.63) is 0 Å². The van der Waals surface area contributed by atoms with Gasteiger partial charge in [-0.15, -0.1) is 0 Å². The lowest BCUT2D eigenvalue weighted by Crippen LogP contribution is -2.30. The van der Waals surface area contributed by atoms with E-state index < -0.39 is 97.5 Å². The third-order valence-electron chi connectivity index (χ3n) is 17.9. The van der Waals surface area contributed by atoms with Crippen LogP contribution in [0.2, 0.25) is 0 Å². The zero-order valence-corrected chi connectivity index (χ0v) is 64.6. The van der Waals surface area contributed by atoms with Crippen LogP contribution < -0.4 is 0 Å². The summed E-state index contributed by atoms with van der Waals surface area (Å²) in [6, 6.07) is 0. The molecule has 0 amide bonds. The minimum atomic E-state index is -4.96. The summed E-state index contributed by atoms with van der Waals surface area (Å²) in [4.78, 5) is 72.8. The van der Waals surface area contributed by atoms with Crippen LogP contribution in [-0.2, 0) is 65.4 Å². The fraction of sp³-hybridized carbons (Fsp3) is 0.948. The first-order valence-electron chi connectivity index (χ1n) is 39.8. The number of carbonyl (C=O) groups is 4. The average Bonchev–Trinajstić information content (AvgIpc) is 1.20. The van der Waals surface area contributed by atoms with E-state index in [1.807, 2.05) is 0 Å². The van der Waals surface area contributed by atoms with Gasteiger partial charge in [0, 0.05) is 25.7 Å². The molecule has 0 aliphatic heterocycles. The Morgan fingerprint density at radius 1 is 0.281 bits per heavy atom. The second-order valence-corrected chi connectivity index (χ2v) is 32.1. The molecule has 570 valence electrons. The van der Waals surface area contributed by atoms with Crippen LogP contribution in [0, 0.1) is 17.8 Å². The predicted octanol–water partition coefficient (Wildman–Crippen LogP) is 22.6. The number of carbonyl (C=O) groups excluding carboxylic acids is 4. The van der Waals surface area contributed by atoms with E-state index in [9.17, 15) is 43.2 Å². The van der Waals surface area contributed by atoms with Gasteiger partial charge in [-0.1, -0.05) is 344 Å². The number of rotatable bonds is 75. The van der Waals surface area contributed by atoms with Gasteiger partial charge in [-0.3, -0.25) is 37.3 Å². The van der Waals surface area contributed by atoms with Gasteiger partial charge in [0.15, 0.2) is 12.2 Å². The van der Waals surface area contributed by atoms with Gasteiger partial charge in [0.05, 0.1) is 26.4 Å². The molecule has 0 aliphatic carbocycles. The standard InChI is InChI=1S/C77H150O17P2/c1-8-9-10-11-12-13-14-15-17-21-24-30-37-44-51-58-74(79)87-64-72(93-76(81)60-53-46-38-31-25-22-19-16-18-20-23-28-34-41-48-55-68(2)3)66-91-95(83,84)89-62-71(78)63-90-96(85,86)92-67-73(65-88-75(80)59-52-45-40-33-36-43-50-57-70(6)7)94-77(82)61-54-47-39-32-27-26-29-35-42-49-56-69(4)5/h68-73,78H,8-67H2,1-7H3,(H,83,84)(H,85,86)/t71-,72-,73-/m1/s1. The maximum atomic E-state index is 13.1. The quantitative estimate of drug-likeness (QED) is 0.0222. The van der Waals surface area contributed by atoms with Gasteiger partial charge in [-0.05, 0) is 43.4 Å². The molecular formula is C77H150O17P2. The third kappa shape index (κ3) is 70.5. The minimum Gasteiger partial charge on any atom is -0.462 e. The van der Waals surface area contributed by atoms with Crippen LogP contribution in [-0.4, -0.2) is 96.7 Å². The van der Waals surface area contributed by atoms with Crippen molar-refractivity contribution >= 4 is 39.5 Å². The first-order valence-corrected chi connectivity index (χ1v) is 42.8. The Labute approximate surface area is 588 Å². The van der Waals surface area contributed by atoms with E-state index >= 15 is 0 Å². The van der Waals surface area contributed by atoms with Crippen LogP contribution in [0.1, 0.15) is 395 Å². The van der Waals surface area contributed by atoms with Crippen molar-refractivity contribution in [3.63, 3.8) is 0 Å². The largest absolute Gasteiger partial charge is 0.472 e. The first-order chi connectivity index (χ1) is 46.2. The van der Waals surface area contributed by atoms with Crippen LogP contribution in [0.25, 0.3) is 0 Å². The molecule has 0 aromatic rings. The number of phosphoric acid groups is 2. The van der Waals surface area contributed by atoms with E-state index in [4.69, 9.17) is 37.0 Å². The van der Waals surface area contributed by atoms with Gasteiger partial charge < -0.3 is 33.8 Å². The molecule has 0 heterocycles. The highest BCUT2D eigenvalue weighted by Crippen LogP contribution is 2.45. The molecule has 2 unspecified atom stereocenters. The van der Waals surface area contributed by atoms with Gasteiger partial charge in [0.2, 0.25) is 0 Å². The number of aliphatic hydroxyl groups is 1. The van der Waals surface area contributed by atoms with E-state index in [0.717, 1.165) is 108 Å². The number of esters is 4. The SMILES string of the molecule is CCCCCCCCCCCCCCCCCC(=O)OC[C@H](COP(=O)(O)OC[C@@H](O)COP(=O)(O)OC[C@@H](COC(=O)CCCCCCCCCC(C)C)OC(=O)CCCCCCCCCCCCC(C)C)OC(=O)CCCCCCCCCCCCCCCCCC(C)C. The molecule has 0 aromatic carbocycles. The van der Waals surface area contributed by atoms with Crippen molar-refractivity contribution in [1.29, 1.82) is 0 Å². The number of hydrogen-bond acceptors (Lipinski definition) is 15. The molecule has 0 radical (unpaired) electrons. The fourth-order valence-corrected chi connectivity index (χ4v) is 13.4. The third-order valence-corrected chi connectivity index (χ3v) is 19.8. The van der Waals surface area contributed by atoms with Gasteiger partial charge in [0.1, 0.15) is 19.3 Å². The zero-order valence-electron chi connectivity index (χ0n) is 62.8. The van der Waals surface area contributed by atoms with Crippen molar-refractivity contribution in [3.8, 4) is 0 Å². The second-order valence-electron chi connectivity index (χ2n) is 29.2. The molecule has 19 heteroatoms. The van der Waals surface area contributed by atoms with Crippen molar-refractivity contribution in [2.45, 2.75) is 414 Å². The fourth-order valence-electron chi connectivity index (χ4n) is 11.8. The lowest BCUT2D eigenvalue weighted by atomic mass is 10.0. The summed E-state index contributed by atoms with van der Waals surface area (Å²) in [6.45, 7) is 11.9. The summed E-state index contributed by atoms with van der Waals surface area (Å²) >= 11 is 0. The number of aliphatic hydroxyl groups excluding tert-OH is 1. The van der Waals surface area contributed by atoms with Crippen LogP contribution in [0.4, 0.5) is 0 Å². The highest BCUT2D eigenvalue weighted by atomic mass is 31.2. The summed E-state index contributed by atoms with van der Waals surface area (Å²) < 4.78 is 68.6. The van der Waals surface area contributed by atoms with Crippen LogP contribution >= 0.6 is 15.6 Å². The summed E-state index contributed by atoms with van der Waals surface area (Å²) in [6.07, 6.45) is 54.1. The second kappa shape index (κ2) is 67.5. The molecule has 0 saturated heterocycles. The lowest BCUT2D eigenvalue weighted by molar-refractivity contribution is -0.161. The van der Waals surface area contributed by atoms with E-state index in [-0.39, 0.29) is 25.7 Å². The maximum Gasteiger partial charge on any atom is 0.472 e. The Bertz CT molecular complexity index is 1870. The molecule has 0 fully saturated rings. The molecular weight excluding hydrogens is 1260 g/mol. The smallest absolute Gasteiger partial charge is 0.462 e. The Kier molecular flexibility index (Phi) is 66.2. The highest BCUT2D eigenvalue weighted by Gasteiger charge is 2.30. The van der Waals surface area contributed by atoms with E-state index in [1.54, 1.807) is 0 Å². The normalized spacial score (nSPS) is 14.1. The lowest BCUT2D eigenvalue weighted by Gasteiger charge is -2.21. The topological polar surface area (TPSA) is 237 Å². The Balaban J connectivity index is 5.25. The Hall–Kier alpha value is -1.94. The van der Waals surface area contributed by atoms with Crippen molar-refractivity contribution in [2.24, 2.45) is 17.8 Å². The summed E-state index contributed by atoms with van der Waals surface area (Å²) in [7, 11) is -9.91. The highest BCUT2D eigenvalue weighted by molar-refractivity contribution is 7.47. The van der Waals surface area contributed by atoms with Gasteiger partial charge in [-0.25, -0.2) is 9.13 Å². The maximum absolute atomic E-state index is 13.1. The van der Waals surface area contributed by atoms with Crippen LogP contribution in [0.5, 0.6) is 0 Å². The number of hydrogen-bond donors (Lipinski definition) is 3. The van der Waals surface area contributed by atoms with Crippen molar-refractivity contribution in [2.75, 3.05) is 39.6 Å². The predicted molar refractivity (Wildman–Crippen MR) is 391 cm³/mol. The molecule has 0 aliphatic rings. The van der Waals surface area contributed by atoms with Gasteiger partial charge in [-0.2, -0.15) is 0 Å². The molecule has 0 aromatic heterocycles. The van der Waals surface area contributed by atoms with Crippen LogP contribution in [0.15, 0.2) is 0 Å². The average molecular weight is 1410 g/mol. The van der Waals surface area contributed by atoms with Gasteiger partial charge >= 0.3 is 39.5 Å². The van der Waals surface area contributed by atoms with Crippen molar-refractivity contribution in [1.82, 2.24) is 0 Å².